The van der Waals surface area contributed by atoms with E-state index in [1.54, 1.807) is 0 Å². The zero-order valence-electron chi connectivity index (χ0n) is 11.6. The molecular formula is C12H22N2O5S. The summed E-state index contributed by atoms with van der Waals surface area (Å²) in [5, 5.41) is 18.9. The zero-order valence-corrected chi connectivity index (χ0v) is 12.4. The molecule has 8 heteroatoms. The lowest BCUT2D eigenvalue weighted by Crippen LogP contribution is -2.53. The molecule has 7 nitrogen and oxygen atoms in total. The van der Waals surface area contributed by atoms with Crippen molar-refractivity contribution in [2.24, 2.45) is 11.8 Å². The van der Waals surface area contributed by atoms with Crippen molar-refractivity contribution in [3.05, 3.63) is 0 Å². The second-order valence-corrected chi connectivity index (χ2v) is 7.66. The van der Waals surface area contributed by atoms with Gasteiger partial charge in [-0.2, -0.15) is 17.0 Å². The Bertz CT molecular complexity index is 466. The van der Waals surface area contributed by atoms with Crippen molar-refractivity contribution in [2.45, 2.75) is 32.3 Å². The highest BCUT2D eigenvalue weighted by Crippen LogP contribution is 2.25. The van der Waals surface area contributed by atoms with E-state index in [0.29, 0.717) is 32.4 Å². The number of hydrogen-bond acceptors (Lipinski definition) is 4. The van der Waals surface area contributed by atoms with Crippen LogP contribution < -0.4 is 0 Å². The highest BCUT2D eigenvalue weighted by molar-refractivity contribution is 7.86. The van der Waals surface area contributed by atoms with Gasteiger partial charge in [0.2, 0.25) is 0 Å². The zero-order chi connectivity index (χ0) is 14.9. The number of carbonyl (C=O) groups is 1. The van der Waals surface area contributed by atoms with Crippen LogP contribution in [-0.2, 0) is 15.0 Å². The number of piperidine rings is 2. The second kappa shape index (κ2) is 5.97. The first kappa shape index (κ1) is 15.7. The van der Waals surface area contributed by atoms with E-state index in [-0.39, 0.29) is 19.0 Å². The van der Waals surface area contributed by atoms with Crippen LogP contribution in [0.3, 0.4) is 0 Å². The molecule has 0 saturated carbocycles. The molecule has 2 fully saturated rings. The molecule has 0 amide bonds. The van der Waals surface area contributed by atoms with Crippen molar-refractivity contribution in [1.29, 1.82) is 0 Å². The Balaban J connectivity index is 2.08. The number of hydrogen-bond donors (Lipinski definition) is 2. The van der Waals surface area contributed by atoms with Crippen molar-refractivity contribution in [3.8, 4) is 0 Å². The van der Waals surface area contributed by atoms with E-state index in [2.05, 4.69) is 0 Å². The molecule has 116 valence electrons. The SMILES string of the molecule is CC1CCN(S(=O)(=O)N2CCCC(C(=O)O)C2)CC1O. The number of aliphatic hydroxyl groups is 1. The topological polar surface area (TPSA) is 98.2 Å². The molecule has 2 rings (SSSR count). The Labute approximate surface area is 119 Å². The molecule has 20 heavy (non-hydrogen) atoms. The summed E-state index contributed by atoms with van der Waals surface area (Å²) in [6, 6.07) is 0. The Morgan fingerprint density at radius 2 is 1.80 bits per heavy atom. The predicted octanol–water partition coefficient (Wildman–Crippen LogP) is -0.269. The van der Waals surface area contributed by atoms with Gasteiger partial charge < -0.3 is 10.2 Å². The highest BCUT2D eigenvalue weighted by Gasteiger charge is 2.38. The van der Waals surface area contributed by atoms with Crippen LogP contribution in [0.15, 0.2) is 0 Å². The van der Waals surface area contributed by atoms with Gasteiger partial charge in [0.05, 0.1) is 12.0 Å². The van der Waals surface area contributed by atoms with E-state index in [4.69, 9.17) is 5.11 Å². The average molecular weight is 306 g/mol. The summed E-state index contributed by atoms with van der Waals surface area (Å²) in [5.74, 6) is -1.49. The Morgan fingerprint density at radius 3 is 2.40 bits per heavy atom. The maximum Gasteiger partial charge on any atom is 0.307 e. The predicted molar refractivity (Wildman–Crippen MR) is 72.2 cm³/mol. The van der Waals surface area contributed by atoms with Crippen LogP contribution in [0.4, 0.5) is 0 Å². The fraction of sp³-hybridized carbons (Fsp3) is 0.917. The van der Waals surface area contributed by atoms with Gasteiger partial charge in [0.25, 0.3) is 10.2 Å². The average Bonchev–Trinajstić information content (AvgIpc) is 2.42. The second-order valence-electron chi connectivity index (χ2n) is 5.73. The lowest BCUT2D eigenvalue weighted by molar-refractivity contribution is -0.142. The molecule has 0 aromatic rings. The van der Waals surface area contributed by atoms with Crippen LogP contribution in [0, 0.1) is 11.8 Å². The summed E-state index contributed by atoms with van der Waals surface area (Å²) >= 11 is 0. The summed E-state index contributed by atoms with van der Waals surface area (Å²) in [4.78, 5) is 11.0. The molecule has 2 N–H and O–H groups in total. The number of nitrogens with zero attached hydrogens (tertiary/aromatic N) is 2. The van der Waals surface area contributed by atoms with Crippen molar-refractivity contribution < 1.29 is 23.4 Å². The third-order valence-corrected chi connectivity index (χ3v) is 6.24. The number of aliphatic hydroxyl groups excluding tert-OH is 1. The minimum atomic E-state index is -3.66. The maximum atomic E-state index is 12.5. The van der Waals surface area contributed by atoms with E-state index >= 15 is 0 Å². The molecule has 2 aliphatic rings. The number of rotatable bonds is 3. The Hall–Kier alpha value is -0.700. The van der Waals surface area contributed by atoms with Gasteiger partial charge in [-0.3, -0.25) is 4.79 Å². The van der Waals surface area contributed by atoms with Gasteiger partial charge in [-0.15, -0.1) is 0 Å². The highest BCUT2D eigenvalue weighted by atomic mass is 32.2. The summed E-state index contributed by atoms with van der Waals surface area (Å²) in [6.07, 6.45) is 1.04. The monoisotopic (exact) mass is 306 g/mol. The molecule has 0 aromatic carbocycles. The van der Waals surface area contributed by atoms with Gasteiger partial charge in [0.1, 0.15) is 0 Å². The van der Waals surface area contributed by atoms with Crippen molar-refractivity contribution in [2.75, 3.05) is 26.2 Å². The van der Waals surface area contributed by atoms with Crippen molar-refractivity contribution in [3.63, 3.8) is 0 Å². The Kier molecular flexibility index (Phi) is 4.68. The molecule has 2 saturated heterocycles. The van der Waals surface area contributed by atoms with Crippen molar-refractivity contribution >= 4 is 16.2 Å². The largest absolute Gasteiger partial charge is 0.481 e. The molecule has 2 heterocycles. The molecule has 0 aliphatic carbocycles. The first-order chi connectivity index (χ1) is 9.32. The van der Waals surface area contributed by atoms with E-state index in [1.807, 2.05) is 6.92 Å². The summed E-state index contributed by atoms with van der Waals surface area (Å²) in [7, 11) is -3.66. The lowest BCUT2D eigenvalue weighted by atomic mass is 9.98. The van der Waals surface area contributed by atoms with Crippen LogP contribution in [0.5, 0.6) is 0 Å². The third-order valence-electron chi connectivity index (χ3n) is 4.27. The van der Waals surface area contributed by atoms with Gasteiger partial charge in [-0.05, 0) is 25.2 Å². The smallest absolute Gasteiger partial charge is 0.307 e. The van der Waals surface area contributed by atoms with E-state index in [1.165, 1.54) is 8.61 Å². The van der Waals surface area contributed by atoms with Gasteiger partial charge in [0, 0.05) is 26.2 Å². The van der Waals surface area contributed by atoms with Crippen LogP contribution >= 0.6 is 0 Å². The quantitative estimate of drug-likeness (QED) is 0.748. The maximum absolute atomic E-state index is 12.5. The molecule has 0 aromatic heterocycles. The molecule has 2 aliphatic heterocycles. The standard InChI is InChI=1S/C12H22N2O5S/c1-9-4-6-14(8-11(9)15)20(18,19)13-5-2-3-10(7-13)12(16)17/h9-11,15H,2-8H2,1H3,(H,16,17). The van der Waals surface area contributed by atoms with E-state index in [0.717, 1.165) is 0 Å². The number of carboxylic acids is 1. The van der Waals surface area contributed by atoms with Crippen LogP contribution in [0.1, 0.15) is 26.2 Å². The van der Waals surface area contributed by atoms with Crippen LogP contribution in [0.2, 0.25) is 0 Å². The minimum absolute atomic E-state index is 0.0276. The molecule has 0 bridgehead atoms. The van der Waals surface area contributed by atoms with E-state index in [9.17, 15) is 18.3 Å². The first-order valence-corrected chi connectivity index (χ1v) is 8.38. The Morgan fingerprint density at radius 1 is 1.15 bits per heavy atom. The normalized spacial score (nSPS) is 34.0. The molecule has 3 atom stereocenters. The third kappa shape index (κ3) is 3.13. The fourth-order valence-corrected chi connectivity index (χ4v) is 4.48. The van der Waals surface area contributed by atoms with E-state index < -0.39 is 28.2 Å². The van der Waals surface area contributed by atoms with Crippen LogP contribution in [0.25, 0.3) is 0 Å². The van der Waals surface area contributed by atoms with Gasteiger partial charge >= 0.3 is 5.97 Å². The fourth-order valence-electron chi connectivity index (χ4n) is 2.75. The van der Waals surface area contributed by atoms with Gasteiger partial charge in [-0.25, -0.2) is 0 Å². The van der Waals surface area contributed by atoms with Crippen LogP contribution in [-0.4, -0.2) is 65.5 Å². The number of β-amino-alcohol motifs (C(OH)–C–C–N with tert-alkyl or cyclic N) is 1. The summed E-state index contributed by atoms with van der Waals surface area (Å²) in [6.45, 7) is 2.76. The minimum Gasteiger partial charge on any atom is -0.481 e. The summed E-state index contributed by atoms with van der Waals surface area (Å²) in [5.41, 5.74) is 0. The van der Waals surface area contributed by atoms with Gasteiger partial charge in [0.15, 0.2) is 0 Å². The lowest BCUT2D eigenvalue weighted by Gasteiger charge is -2.38. The van der Waals surface area contributed by atoms with Gasteiger partial charge in [-0.1, -0.05) is 6.92 Å². The first-order valence-electron chi connectivity index (χ1n) is 6.98. The van der Waals surface area contributed by atoms with Crippen molar-refractivity contribution in [1.82, 2.24) is 8.61 Å². The molecular weight excluding hydrogens is 284 g/mol. The molecule has 0 radical (unpaired) electrons. The molecule has 0 spiro atoms. The number of carboxylic acid groups (broad SMARTS) is 1. The number of aliphatic carboxylic acids is 1. The molecule has 3 unspecified atom stereocenters. The summed E-state index contributed by atoms with van der Waals surface area (Å²) < 4.78 is 27.5.